The van der Waals surface area contributed by atoms with Gasteiger partial charge in [0.25, 0.3) is 11.8 Å². The molecule has 0 unspecified atom stereocenters. The van der Waals surface area contributed by atoms with E-state index in [1.807, 2.05) is 6.07 Å². The van der Waals surface area contributed by atoms with E-state index in [0.717, 1.165) is 4.57 Å². The lowest BCUT2D eigenvalue weighted by molar-refractivity contribution is -0.147. The number of hydrogen-bond donors (Lipinski definition) is 2. The second kappa shape index (κ2) is 9.03. The number of nitrogens with zero attached hydrogens (tertiary/aromatic N) is 2. The molecule has 2 N–H and O–H groups in total. The Kier molecular flexibility index (Phi) is 5.99. The van der Waals surface area contributed by atoms with Crippen LogP contribution in [0.5, 0.6) is 11.5 Å². The van der Waals surface area contributed by atoms with Gasteiger partial charge in [-0.1, -0.05) is 36.4 Å². The molecule has 0 fully saturated rings. The number of nitrogens with one attached hydrogen (secondary N) is 2. The fourth-order valence-corrected chi connectivity index (χ4v) is 3.16. The number of alkyl halides is 3. The minimum Gasteiger partial charge on any atom is -0.457 e. The first-order chi connectivity index (χ1) is 15.8. The molecule has 0 aliphatic rings. The highest BCUT2D eigenvalue weighted by Crippen LogP contribution is 2.31. The molecule has 0 saturated carbocycles. The van der Waals surface area contributed by atoms with Crippen LogP contribution in [0.1, 0.15) is 16.2 Å². The second-order valence-corrected chi connectivity index (χ2v) is 6.95. The van der Waals surface area contributed by atoms with E-state index in [4.69, 9.17) is 4.74 Å². The van der Waals surface area contributed by atoms with Crippen molar-refractivity contribution in [3.8, 4) is 11.5 Å². The Morgan fingerprint density at radius 1 is 0.879 bits per heavy atom. The van der Waals surface area contributed by atoms with Gasteiger partial charge in [0.1, 0.15) is 18.0 Å². The summed E-state index contributed by atoms with van der Waals surface area (Å²) in [6, 6.07) is 21.1. The Morgan fingerprint density at radius 2 is 1.58 bits per heavy atom. The number of ether oxygens (including phenoxy) is 1. The fourth-order valence-electron chi connectivity index (χ4n) is 3.16. The first-order valence-corrected chi connectivity index (χ1v) is 9.76. The number of hydrogen-bond acceptors (Lipinski definition) is 4. The summed E-state index contributed by atoms with van der Waals surface area (Å²) in [5.74, 6) is -1.73. The van der Waals surface area contributed by atoms with Crippen LogP contribution >= 0.6 is 0 Å². The van der Waals surface area contributed by atoms with E-state index in [-0.39, 0.29) is 16.6 Å². The number of fused-ring (bicyclic) bond motifs is 1. The van der Waals surface area contributed by atoms with Gasteiger partial charge in [-0.3, -0.25) is 20.4 Å². The Morgan fingerprint density at radius 3 is 2.33 bits per heavy atom. The molecular weight excluding hydrogens is 437 g/mol. The molecule has 4 rings (SSSR count). The highest BCUT2D eigenvalue weighted by molar-refractivity contribution is 5.95. The van der Waals surface area contributed by atoms with Gasteiger partial charge < -0.3 is 9.30 Å². The van der Waals surface area contributed by atoms with E-state index in [1.165, 1.54) is 24.3 Å². The largest absolute Gasteiger partial charge is 0.457 e. The highest BCUT2D eigenvalue weighted by atomic mass is 19.4. The number of benzene rings is 3. The van der Waals surface area contributed by atoms with Crippen LogP contribution in [0.15, 0.2) is 78.9 Å². The number of hydrazine groups is 1. The molecule has 1 aromatic heterocycles. The summed E-state index contributed by atoms with van der Waals surface area (Å²) < 4.78 is 46.5. The van der Waals surface area contributed by atoms with E-state index >= 15 is 0 Å². The maximum absolute atomic E-state index is 13.4. The molecule has 0 radical (unpaired) electrons. The first kappa shape index (κ1) is 21.9. The van der Waals surface area contributed by atoms with Crippen molar-refractivity contribution in [2.75, 3.05) is 0 Å². The first-order valence-electron chi connectivity index (χ1n) is 9.76. The molecule has 168 valence electrons. The number of halogens is 3. The van der Waals surface area contributed by atoms with E-state index in [2.05, 4.69) is 15.8 Å². The van der Waals surface area contributed by atoms with Gasteiger partial charge >= 0.3 is 6.18 Å². The van der Waals surface area contributed by atoms with Crippen molar-refractivity contribution in [2.24, 2.45) is 0 Å². The monoisotopic (exact) mass is 454 g/mol. The number of carbonyl (C=O) groups excluding carboxylic acids is 2. The molecule has 1 heterocycles. The molecular formula is C23H17F3N4O3. The summed E-state index contributed by atoms with van der Waals surface area (Å²) in [6.45, 7) is -0.688. The molecule has 10 heteroatoms. The summed E-state index contributed by atoms with van der Waals surface area (Å²) in [5.41, 5.74) is 4.78. The molecule has 0 spiro atoms. The van der Waals surface area contributed by atoms with Crippen LogP contribution in [0.4, 0.5) is 13.2 Å². The second-order valence-electron chi connectivity index (χ2n) is 6.95. The predicted molar refractivity (Wildman–Crippen MR) is 113 cm³/mol. The molecule has 33 heavy (non-hydrogen) atoms. The minimum absolute atomic E-state index is 0.108. The van der Waals surface area contributed by atoms with Gasteiger partial charge in [0, 0.05) is 5.56 Å². The average Bonchev–Trinajstić information content (AvgIpc) is 3.17. The normalized spacial score (nSPS) is 11.2. The topological polar surface area (TPSA) is 85.3 Å². The summed E-state index contributed by atoms with van der Waals surface area (Å²) in [5, 5.41) is 0. The zero-order valence-electron chi connectivity index (χ0n) is 17.0. The van der Waals surface area contributed by atoms with Gasteiger partial charge in [0.15, 0.2) is 0 Å². The molecule has 7 nitrogen and oxygen atoms in total. The van der Waals surface area contributed by atoms with E-state index < -0.39 is 30.4 Å². The van der Waals surface area contributed by atoms with E-state index in [9.17, 15) is 22.8 Å². The maximum atomic E-state index is 13.4. The quantitative estimate of drug-likeness (QED) is 0.440. The zero-order valence-corrected chi connectivity index (χ0v) is 17.0. The van der Waals surface area contributed by atoms with Gasteiger partial charge in [0.05, 0.1) is 11.0 Å². The molecule has 2 amide bonds. The van der Waals surface area contributed by atoms with Crippen molar-refractivity contribution < 1.29 is 27.5 Å². The Bertz CT molecular complexity index is 1300. The van der Waals surface area contributed by atoms with Crippen molar-refractivity contribution in [3.05, 3.63) is 90.3 Å². The molecule has 4 aromatic rings. The van der Waals surface area contributed by atoms with Crippen LogP contribution in [0.3, 0.4) is 0 Å². The Balaban J connectivity index is 1.43. The van der Waals surface area contributed by atoms with Crippen molar-refractivity contribution >= 4 is 22.8 Å². The van der Waals surface area contributed by atoms with Crippen LogP contribution < -0.4 is 15.6 Å². The van der Waals surface area contributed by atoms with E-state index in [0.29, 0.717) is 11.5 Å². The Labute approximate surface area is 185 Å². The fraction of sp³-hybridized carbons (Fsp3) is 0.0870. The number of imidazole rings is 1. The van der Waals surface area contributed by atoms with Gasteiger partial charge in [-0.15, -0.1) is 0 Å². The summed E-state index contributed by atoms with van der Waals surface area (Å²) in [7, 11) is 0. The van der Waals surface area contributed by atoms with Crippen molar-refractivity contribution in [1.29, 1.82) is 0 Å². The number of carbonyl (C=O) groups is 2. The van der Waals surface area contributed by atoms with Gasteiger partial charge in [-0.05, 0) is 42.5 Å². The van der Waals surface area contributed by atoms with Crippen LogP contribution in [0.2, 0.25) is 0 Å². The third-order valence-electron chi connectivity index (χ3n) is 4.60. The lowest BCUT2D eigenvalue weighted by Crippen LogP contribution is -2.43. The number of aromatic nitrogens is 2. The highest BCUT2D eigenvalue weighted by Gasteiger charge is 2.38. The van der Waals surface area contributed by atoms with Gasteiger partial charge in [0.2, 0.25) is 5.82 Å². The van der Waals surface area contributed by atoms with Crippen molar-refractivity contribution in [1.82, 2.24) is 20.4 Å². The SMILES string of the molecule is O=C(Cn1c(C(F)(F)F)nc2ccccc21)NNC(=O)c1cccc(Oc2ccccc2)c1. The predicted octanol–water partition coefficient (Wildman–Crippen LogP) is 4.31. The number of amides is 2. The smallest absolute Gasteiger partial charge is 0.449 e. The summed E-state index contributed by atoms with van der Waals surface area (Å²) in [6.07, 6.45) is -4.75. The zero-order chi connectivity index (χ0) is 23.4. The van der Waals surface area contributed by atoms with Crippen LogP contribution in [-0.4, -0.2) is 21.4 Å². The van der Waals surface area contributed by atoms with Crippen LogP contribution in [0.25, 0.3) is 11.0 Å². The molecule has 0 bridgehead atoms. The Hall–Kier alpha value is -4.34. The van der Waals surface area contributed by atoms with Gasteiger partial charge in [-0.2, -0.15) is 13.2 Å². The minimum atomic E-state index is -4.75. The molecule has 0 saturated heterocycles. The number of para-hydroxylation sites is 3. The third kappa shape index (κ3) is 5.12. The molecule has 0 atom stereocenters. The lowest BCUT2D eigenvalue weighted by Gasteiger charge is -2.12. The number of rotatable bonds is 5. The standard InChI is InChI=1S/C23H17F3N4O3/c24-23(25,26)22-27-18-11-4-5-12-19(18)30(22)14-20(31)28-29-21(32)15-7-6-10-17(13-15)33-16-8-2-1-3-9-16/h1-13H,14H2,(H,28,31)(H,29,32). The van der Waals surface area contributed by atoms with Crippen LogP contribution in [0, 0.1) is 0 Å². The van der Waals surface area contributed by atoms with E-state index in [1.54, 1.807) is 48.5 Å². The van der Waals surface area contributed by atoms with Crippen LogP contribution in [-0.2, 0) is 17.5 Å². The average molecular weight is 454 g/mol. The summed E-state index contributed by atoms with van der Waals surface area (Å²) >= 11 is 0. The van der Waals surface area contributed by atoms with Crippen molar-refractivity contribution in [3.63, 3.8) is 0 Å². The lowest BCUT2D eigenvalue weighted by atomic mass is 10.2. The molecule has 0 aliphatic heterocycles. The maximum Gasteiger partial charge on any atom is 0.449 e. The summed E-state index contributed by atoms with van der Waals surface area (Å²) in [4.78, 5) is 28.3. The van der Waals surface area contributed by atoms with Gasteiger partial charge in [-0.25, -0.2) is 4.98 Å². The van der Waals surface area contributed by atoms with Crippen molar-refractivity contribution in [2.45, 2.75) is 12.7 Å². The molecule has 3 aromatic carbocycles. The molecule has 0 aliphatic carbocycles. The third-order valence-corrected chi connectivity index (χ3v) is 4.60.